The molecule has 0 radical (unpaired) electrons. The van der Waals surface area contributed by atoms with Crippen LogP contribution < -0.4 is 10.1 Å². The molecule has 0 aliphatic carbocycles. The lowest BCUT2D eigenvalue weighted by molar-refractivity contribution is -0.142. The number of amides is 2. The number of hydrogen-bond acceptors (Lipinski definition) is 3. The summed E-state index contributed by atoms with van der Waals surface area (Å²) in [5, 5.41) is 3.04. The van der Waals surface area contributed by atoms with Crippen LogP contribution in [-0.2, 0) is 22.6 Å². The zero-order valence-electron chi connectivity index (χ0n) is 21.5. The van der Waals surface area contributed by atoms with Gasteiger partial charge in [0.1, 0.15) is 11.8 Å². The number of aryl methyl sites for hydroxylation is 1. The predicted molar refractivity (Wildman–Crippen MR) is 148 cm³/mol. The number of nitrogens with zero attached hydrogens (tertiary/aromatic N) is 1. The lowest BCUT2D eigenvalue weighted by Gasteiger charge is -2.32. The molecule has 3 rings (SSSR count). The first kappa shape index (κ1) is 27.5. The van der Waals surface area contributed by atoms with Gasteiger partial charge in [0.05, 0.1) is 0 Å². The summed E-state index contributed by atoms with van der Waals surface area (Å²) in [4.78, 5) is 28.8. The van der Waals surface area contributed by atoms with Crippen molar-refractivity contribution in [3.05, 3.63) is 99.5 Å². The molecule has 0 aliphatic heterocycles. The van der Waals surface area contributed by atoms with E-state index in [2.05, 4.69) is 35.1 Å². The fourth-order valence-electron chi connectivity index (χ4n) is 3.91. The summed E-state index contributed by atoms with van der Waals surface area (Å²) >= 11 is 3.52. The number of carbonyl (C=O) groups excluding carboxylic acids is 2. The van der Waals surface area contributed by atoms with Gasteiger partial charge in [0.25, 0.3) is 5.91 Å². The van der Waals surface area contributed by atoms with Crippen LogP contribution in [0.4, 0.5) is 0 Å². The van der Waals surface area contributed by atoms with E-state index in [1.54, 1.807) is 4.90 Å². The van der Waals surface area contributed by atoms with Crippen LogP contribution >= 0.6 is 15.9 Å². The van der Waals surface area contributed by atoms with Crippen LogP contribution in [0.1, 0.15) is 36.1 Å². The molecule has 0 fully saturated rings. The van der Waals surface area contributed by atoms with E-state index < -0.39 is 6.04 Å². The zero-order valence-corrected chi connectivity index (χ0v) is 23.0. The normalized spacial score (nSPS) is 11.7. The Hall–Kier alpha value is -3.12. The number of hydrogen-bond donors (Lipinski definition) is 1. The lowest BCUT2D eigenvalue weighted by atomic mass is 10.0. The third-order valence-electron chi connectivity index (χ3n) is 6.10. The molecular formula is C30H35BrN2O3. The van der Waals surface area contributed by atoms with Gasteiger partial charge in [-0.25, -0.2) is 0 Å². The van der Waals surface area contributed by atoms with Crippen molar-refractivity contribution >= 4 is 27.7 Å². The Balaban J connectivity index is 1.92. The van der Waals surface area contributed by atoms with E-state index in [0.717, 1.165) is 26.7 Å². The molecule has 0 saturated carbocycles. The van der Waals surface area contributed by atoms with E-state index in [9.17, 15) is 9.59 Å². The minimum Gasteiger partial charge on any atom is -0.483 e. The van der Waals surface area contributed by atoms with E-state index in [1.165, 1.54) is 0 Å². The van der Waals surface area contributed by atoms with E-state index in [0.29, 0.717) is 31.2 Å². The molecule has 3 aromatic carbocycles. The highest BCUT2D eigenvalue weighted by Gasteiger charge is 2.31. The molecular weight excluding hydrogens is 516 g/mol. The Labute approximate surface area is 223 Å². The van der Waals surface area contributed by atoms with Gasteiger partial charge in [-0.3, -0.25) is 9.59 Å². The minimum absolute atomic E-state index is 0.152. The SMILES string of the molecule is Cc1cccc(OCC(=O)N(Cc2cccc(Br)c2)[C@H](Cc2ccccc2)C(=O)NCC(C)C)c1C. The first-order valence-corrected chi connectivity index (χ1v) is 13.1. The summed E-state index contributed by atoms with van der Waals surface area (Å²) in [6, 6.07) is 22.7. The molecule has 3 aromatic rings. The molecule has 190 valence electrons. The van der Waals surface area contributed by atoms with Gasteiger partial charge in [0.15, 0.2) is 6.61 Å². The Morgan fingerprint density at radius 3 is 2.33 bits per heavy atom. The molecule has 0 unspecified atom stereocenters. The summed E-state index contributed by atoms with van der Waals surface area (Å²) in [5.41, 5.74) is 4.02. The van der Waals surface area contributed by atoms with E-state index in [-0.39, 0.29) is 18.4 Å². The van der Waals surface area contributed by atoms with Crippen molar-refractivity contribution in [2.45, 2.75) is 46.7 Å². The first-order chi connectivity index (χ1) is 17.2. The highest BCUT2D eigenvalue weighted by Crippen LogP contribution is 2.22. The predicted octanol–water partition coefficient (Wildman–Crippen LogP) is 5.86. The van der Waals surface area contributed by atoms with Crippen molar-refractivity contribution in [2.75, 3.05) is 13.2 Å². The van der Waals surface area contributed by atoms with Crippen molar-refractivity contribution in [3.8, 4) is 5.75 Å². The van der Waals surface area contributed by atoms with Gasteiger partial charge in [-0.1, -0.05) is 84.4 Å². The van der Waals surface area contributed by atoms with Crippen LogP contribution in [-0.4, -0.2) is 35.9 Å². The van der Waals surface area contributed by atoms with Gasteiger partial charge in [-0.2, -0.15) is 0 Å². The topological polar surface area (TPSA) is 58.6 Å². The molecule has 36 heavy (non-hydrogen) atoms. The summed E-state index contributed by atoms with van der Waals surface area (Å²) in [6.07, 6.45) is 0.411. The lowest BCUT2D eigenvalue weighted by Crippen LogP contribution is -2.52. The number of carbonyl (C=O) groups is 2. The maximum absolute atomic E-state index is 13.7. The second-order valence-corrected chi connectivity index (χ2v) is 10.4. The Bertz CT molecular complexity index is 1160. The summed E-state index contributed by atoms with van der Waals surface area (Å²) in [7, 11) is 0. The molecule has 0 saturated heterocycles. The Morgan fingerprint density at radius 1 is 0.944 bits per heavy atom. The molecule has 0 aliphatic rings. The van der Waals surface area contributed by atoms with Crippen molar-refractivity contribution < 1.29 is 14.3 Å². The molecule has 0 heterocycles. The van der Waals surface area contributed by atoms with Crippen molar-refractivity contribution in [2.24, 2.45) is 5.92 Å². The van der Waals surface area contributed by atoms with Gasteiger partial charge >= 0.3 is 0 Å². The van der Waals surface area contributed by atoms with Crippen molar-refractivity contribution in [1.29, 1.82) is 0 Å². The summed E-state index contributed by atoms with van der Waals surface area (Å²) in [5.74, 6) is 0.571. The molecule has 5 nitrogen and oxygen atoms in total. The molecule has 6 heteroatoms. The maximum Gasteiger partial charge on any atom is 0.261 e. The number of ether oxygens (including phenoxy) is 1. The standard InChI is InChI=1S/C30H35BrN2O3/c1-21(2)18-32-30(35)27(17-24-11-6-5-7-12-24)33(19-25-13-9-14-26(31)16-25)29(34)20-36-28-15-8-10-22(3)23(28)4/h5-16,21,27H,17-20H2,1-4H3,(H,32,35)/t27-/m1/s1. The second kappa shape index (κ2) is 13.3. The largest absolute Gasteiger partial charge is 0.483 e. The Kier molecular flexibility index (Phi) is 10.1. The number of benzene rings is 3. The summed E-state index contributed by atoms with van der Waals surface area (Å²) in [6.45, 7) is 8.78. The highest BCUT2D eigenvalue weighted by atomic mass is 79.9. The van der Waals surface area contributed by atoms with Crippen LogP contribution in [0, 0.1) is 19.8 Å². The van der Waals surface area contributed by atoms with Gasteiger partial charge in [0, 0.05) is 24.0 Å². The molecule has 2 amide bonds. The van der Waals surface area contributed by atoms with Crippen molar-refractivity contribution in [1.82, 2.24) is 10.2 Å². The van der Waals surface area contributed by atoms with Gasteiger partial charge in [0.2, 0.25) is 5.91 Å². The van der Waals surface area contributed by atoms with Crippen molar-refractivity contribution in [3.63, 3.8) is 0 Å². The van der Waals surface area contributed by atoms with Crippen LogP contribution in [0.3, 0.4) is 0 Å². The zero-order chi connectivity index (χ0) is 26.1. The quantitative estimate of drug-likeness (QED) is 0.325. The van der Waals surface area contributed by atoms with E-state index in [1.807, 2.05) is 86.6 Å². The third kappa shape index (κ3) is 7.95. The third-order valence-corrected chi connectivity index (χ3v) is 6.60. The minimum atomic E-state index is -0.681. The fraction of sp³-hybridized carbons (Fsp3) is 0.333. The average molecular weight is 552 g/mol. The monoisotopic (exact) mass is 550 g/mol. The van der Waals surface area contributed by atoms with Gasteiger partial charge in [-0.15, -0.1) is 0 Å². The Morgan fingerprint density at radius 2 is 1.64 bits per heavy atom. The molecule has 1 N–H and O–H groups in total. The number of nitrogens with one attached hydrogen (secondary N) is 1. The van der Waals surface area contributed by atoms with E-state index in [4.69, 9.17) is 4.74 Å². The highest BCUT2D eigenvalue weighted by molar-refractivity contribution is 9.10. The first-order valence-electron chi connectivity index (χ1n) is 12.3. The summed E-state index contributed by atoms with van der Waals surface area (Å²) < 4.78 is 6.89. The van der Waals surface area contributed by atoms with Crippen LogP contribution in [0.5, 0.6) is 5.75 Å². The average Bonchev–Trinajstić information content (AvgIpc) is 2.86. The molecule has 0 bridgehead atoms. The van der Waals surface area contributed by atoms with Gasteiger partial charge in [-0.05, 0) is 60.2 Å². The molecule has 0 spiro atoms. The number of rotatable bonds is 11. The molecule has 1 atom stereocenters. The van der Waals surface area contributed by atoms with Gasteiger partial charge < -0.3 is 15.0 Å². The smallest absolute Gasteiger partial charge is 0.261 e. The second-order valence-electron chi connectivity index (χ2n) is 9.48. The van der Waals surface area contributed by atoms with Crippen LogP contribution in [0.2, 0.25) is 0 Å². The van der Waals surface area contributed by atoms with Crippen LogP contribution in [0.25, 0.3) is 0 Å². The maximum atomic E-state index is 13.7. The van der Waals surface area contributed by atoms with E-state index >= 15 is 0 Å². The van der Waals surface area contributed by atoms with Crippen LogP contribution in [0.15, 0.2) is 77.3 Å². The number of halogens is 1. The fourth-order valence-corrected chi connectivity index (χ4v) is 4.36. The molecule has 0 aromatic heterocycles.